The van der Waals surface area contributed by atoms with E-state index in [1.54, 1.807) is 0 Å². The minimum Gasteiger partial charge on any atom is -1.00 e. The van der Waals surface area contributed by atoms with Crippen molar-refractivity contribution in [1.82, 2.24) is 0 Å². The van der Waals surface area contributed by atoms with E-state index >= 15 is 0 Å². The van der Waals surface area contributed by atoms with Gasteiger partial charge in [0.15, 0.2) is 0 Å². The predicted octanol–water partition coefficient (Wildman–Crippen LogP) is -0.306. The topological polar surface area (TPSA) is 0 Å². The molecule has 0 aliphatic carbocycles. The Morgan fingerprint density at radius 1 is 0.750 bits per heavy atom. The van der Waals surface area contributed by atoms with Crippen molar-refractivity contribution in [3.63, 3.8) is 0 Å². The van der Waals surface area contributed by atoms with E-state index in [2.05, 4.69) is 78.9 Å². The van der Waals surface area contributed by atoms with Crippen LogP contribution in [0.1, 0.15) is 47.2 Å². The number of hydrogen-bond acceptors (Lipinski definition) is 0. The summed E-state index contributed by atoms with van der Waals surface area (Å²) in [6.45, 7) is 17.4. The van der Waals surface area contributed by atoms with Crippen molar-refractivity contribution in [3.8, 4) is 0 Å². The van der Waals surface area contributed by atoms with E-state index in [1.165, 1.54) is 46.2 Å². The summed E-state index contributed by atoms with van der Waals surface area (Å²) in [7, 11) is 0.750. The van der Waals surface area contributed by atoms with Crippen LogP contribution in [-0.4, -0.2) is 9.52 Å². The summed E-state index contributed by atoms with van der Waals surface area (Å²) in [5, 5.41) is 0. The predicted molar refractivity (Wildman–Crippen MR) is 101 cm³/mol. The Bertz CT molecular complexity index is 469. The molecule has 24 heavy (non-hydrogen) atoms. The molecule has 0 amide bonds. The zero-order valence-corrected chi connectivity index (χ0v) is 20.8. The smallest absolute Gasteiger partial charge is 1.00 e. The van der Waals surface area contributed by atoms with Gasteiger partial charge in [-0.1, -0.05) is 67.5 Å². The van der Waals surface area contributed by atoms with Gasteiger partial charge in [-0.15, -0.1) is 0 Å². The Kier molecular flexibility index (Phi) is 24.0. The Morgan fingerprint density at radius 3 is 1.08 bits per heavy atom. The van der Waals surface area contributed by atoms with Crippen LogP contribution in [0.4, 0.5) is 0 Å². The van der Waals surface area contributed by atoms with Crippen LogP contribution in [0, 0.1) is 27.7 Å². The molecule has 0 fully saturated rings. The van der Waals surface area contributed by atoms with E-state index < -0.39 is 0 Å². The van der Waals surface area contributed by atoms with Gasteiger partial charge in [-0.25, -0.2) is 12.1 Å². The molecular weight excluding hydrogens is 387 g/mol. The van der Waals surface area contributed by atoms with Crippen molar-refractivity contribution < 1.29 is 46.5 Å². The van der Waals surface area contributed by atoms with Crippen LogP contribution in [0.5, 0.6) is 0 Å². The summed E-state index contributed by atoms with van der Waals surface area (Å²) in [4.78, 5) is 0. The van der Waals surface area contributed by atoms with E-state index in [4.69, 9.17) is 0 Å². The maximum Gasteiger partial charge on any atom is 4.00 e. The van der Waals surface area contributed by atoms with E-state index in [-0.39, 0.29) is 46.5 Å². The third-order valence-electron chi connectivity index (χ3n) is 3.47. The fourth-order valence-electron chi connectivity index (χ4n) is 2.49. The van der Waals surface area contributed by atoms with Gasteiger partial charge in [-0.2, -0.15) is 45.5 Å². The molecule has 0 aliphatic heterocycles. The zero-order valence-electron chi connectivity index (χ0n) is 16.6. The van der Waals surface area contributed by atoms with Crippen LogP contribution in [0.2, 0.25) is 13.1 Å². The minimum absolute atomic E-state index is 0. The van der Waals surface area contributed by atoms with Gasteiger partial charge in [0.2, 0.25) is 0 Å². The second kappa shape index (κ2) is 18.0. The van der Waals surface area contributed by atoms with Gasteiger partial charge < -0.3 is 24.8 Å². The number of halogens is 2. The number of hydrogen-bond donors (Lipinski definition) is 0. The summed E-state index contributed by atoms with van der Waals surface area (Å²) < 4.78 is 0. The van der Waals surface area contributed by atoms with Crippen molar-refractivity contribution in [2.75, 3.05) is 0 Å². The molecule has 0 spiro atoms. The standard InChI is InChI=1S/2C9H13.C2H7Si.2ClH.Ti/c2*1-4-9-6-7(2)5-8(9)3;1-3-2;;;/h2*5-6H,4H2,1-3H3;3H,1-2H3;2*1H;/q2*-1;;;;+4/p-2. The molecule has 2 rings (SSSR count). The zero-order chi connectivity index (χ0) is 16.4. The van der Waals surface area contributed by atoms with E-state index in [1.807, 2.05) is 0 Å². The summed E-state index contributed by atoms with van der Waals surface area (Å²) in [6, 6.07) is 8.99. The van der Waals surface area contributed by atoms with Gasteiger partial charge >= 0.3 is 21.7 Å². The average Bonchev–Trinajstić information content (AvgIpc) is 2.92. The molecule has 0 saturated carbocycles. The maximum absolute atomic E-state index is 2.26. The van der Waals surface area contributed by atoms with Crippen molar-refractivity contribution in [1.29, 1.82) is 0 Å². The molecule has 135 valence electrons. The fourth-order valence-corrected chi connectivity index (χ4v) is 2.49. The molecular formula is C20H33Cl2SiTi. The molecule has 0 atom stereocenters. The van der Waals surface area contributed by atoms with Crippen LogP contribution in [-0.2, 0) is 34.6 Å². The van der Waals surface area contributed by atoms with Crippen LogP contribution < -0.4 is 24.8 Å². The molecule has 0 heterocycles. The summed E-state index contributed by atoms with van der Waals surface area (Å²) in [5.41, 5.74) is 8.65. The molecule has 1 radical (unpaired) electrons. The fraction of sp³-hybridized carbons (Fsp3) is 0.500. The van der Waals surface area contributed by atoms with Gasteiger partial charge in [0.25, 0.3) is 0 Å². The summed E-state index contributed by atoms with van der Waals surface area (Å²) in [6.07, 6.45) is 2.33. The Labute approximate surface area is 180 Å². The van der Waals surface area contributed by atoms with Gasteiger partial charge in [-0.05, 0) is 0 Å². The Balaban J connectivity index is -0.000000130. The Hall–Kier alpha value is 0.211. The second-order valence-corrected chi connectivity index (χ2v) is 6.92. The molecule has 0 saturated heterocycles. The summed E-state index contributed by atoms with van der Waals surface area (Å²) >= 11 is 0. The molecule has 0 unspecified atom stereocenters. The van der Waals surface area contributed by atoms with Crippen LogP contribution in [0.3, 0.4) is 0 Å². The first kappa shape index (κ1) is 31.9. The maximum atomic E-state index is 2.26. The monoisotopic (exact) mass is 419 g/mol. The van der Waals surface area contributed by atoms with Crippen LogP contribution in [0.25, 0.3) is 0 Å². The first-order chi connectivity index (χ1) is 9.89. The van der Waals surface area contributed by atoms with E-state index in [9.17, 15) is 0 Å². The number of aryl methyl sites for hydroxylation is 6. The van der Waals surface area contributed by atoms with Crippen molar-refractivity contribution in [3.05, 3.63) is 57.6 Å². The molecule has 0 aromatic heterocycles. The third kappa shape index (κ3) is 12.6. The summed E-state index contributed by atoms with van der Waals surface area (Å²) in [5.74, 6) is 0. The first-order valence-electron chi connectivity index (χ1n) is 8.09. The van der Waals surface area contributed by atoms with Crippen LogP contribution in [0.15, 0.2) is 24.3 Å². The normalized spacial score (nSPS) is 8.33. The molecule has 2 aromatic rings. The molecule has 2 aromatic carbocycles. The molecule has 0 N–H and O–H groups in total. The van der Waals surface area contributed by atoms with Crippen molar-refractivity contribution in [2.24, 2.45) is 0 Å². The molecule has 0 bridgehead atoms. The van der Waals surface area contributed by atoms with Gasteiger partial charge in [0, 0.05) is 9.52 Å². The van der Waals surface area contributed by atoms with Crippen molar-refractivity contribution >= 4 is 9.52 Å². The first-order valence-corrected chi connectivity index (χ1v) is 10.4. The number of rotatable bonds is 2. The molecule has 0 nitrogen and oxygen atoms in total. The van der Waals surface area contributed by atoms with E-state index in [0.717, 1.165) is 9.52 Å². The second-order valence-electron chi connectivity index (χ2n) is 5.77. The minimum atomic E-state index is 0. The largest absolute Gasteiger partial charge is 4.00 e. The van der Waals surface area contributed by atoms with Gasteiger partial charge in [0.05, 0.1) is 0 Å². The quantitative estimate of drug-likeness (QED) is 0.462. The van der Waals surface area contributed by atoms with E-state index in [0.29, 0.717) is 0 Å². The van der Waals surface area contributed by atoms with Gasteiger partial charge in [-0.3, -0.25) is 0 Å². The van der Waals surface area contributed by atoms with Crippen molar-refractivity contribution in [2.45, 2.75) is 67.5 Å². The average molecular weight is 420 g/mol. The van der Waals surface area contributed by atoms with Crippen LogP contribution >= 0.6 is 0 Å². The molecule has 0 aliphatic rings. The Morgan fingerprint density at radius 2 is 1.00 bits per heavy atom. The molecule has 4 heteroatoms. The third-order valence-corrected chi connectivity index (χ3v) is 3.47. The SMILES string of the molecule is CCc1[cH-]c(C)cc1C.CCc1[cH-]c(C)cc1C.C[SiH]C.[Cl-].[Cl-].[Ti+4]. The van der Waals surface area contributed by atoms with Gasteiger partial charge in [0.1, 0.15) is 0 Å².